The summed E-state index contributed by atoms with van der Waals surface area (Å²) in [7, 11) is 0. The Hall–Kier alpha value is -3.88. The third kappa shape index (κ3) is 4.82. The molecule has 1 aliphatic rings. The Balaban J connectivity index is 1.45. The van der Waals surface area contributed by atoms with Gasteiger partial charge in [-0.05, 0) is 56.3 Å². The highest BCUT2D eigenvalue weighted by atomic mass is 16.5. The number of ether oxygens (including phenoxy) is 1. The molecule has 0 spiro atoms. The van der Waals surface area contributed by atoms with Gasteiger partial charge in [0.05, 0.1) is 18.6 Å². The van der Waals surface area contributed by atoms with E-state index in [1.165, 1.54) is 17.0 Å². The van der Waals surface area contributed by atoms with E-state index in [1.807, 2.05) is 31.2 Å². The lowest BCUT2D eigenvalue weighted by atomic mass is 10.1. The van der Waals surface area contributed by atoms with Crippen LogP contribution in [0.2, 0.25) is 0 Å². The number of carbonyl (C=O) groups excluding carboxylic acids is 2. The molecule has 1 unspecified atom stereocenters. The molecule has 2 amide bonds. The second-order valence-corrected chi connectivity index (χ2v) is 7.73. The maximum Gasteiger partial charge on any atom is 0.289 e. The molecule has 33 heavy (non-hydrogen) atoms. The molecule has 0 N–H and O–H groups in total. The zero-order valence-corrected chi connectivity index (χ0v) is 18.6. The third-order valence-electron chi connectivity index (χ3n) is 5.62. The van der Waals surface area contributed by atoms with E-state index >= 15 is 0 Å². The van der Waals surface area contributed by atoms with Crippen molar-refractivity contribution in [3.63, 3.8) is 0 Å². The first-order chi connectivity index (χ1) is 16.0. The summed E-state index contributed by atoms with van der Waals surface area (Å²) >= 11 is 0. The van der Waals surface area contributed by atoms with Crippen LogP contribution in [0.25, 0.3) is 11.3 Å². The average molecular weight is 450 g/mol. The van der Waals surface area contributed by atoms with Crippen molar-refractivity contribution >= 4 is 11.8 Å². The third-order valence-corrected chi connectivity index (χ3v) is 5.62. The zero-order chi connectivity index (χ0) is 23.4. The molecule has 1 saturated heterocycles. The van der Waals surface area contributed by atoms with Gasteiger partial charge in [-0.1, -0.05) is 0 Å². The van der Waals surface area contributed by atoms with Gasteiger partial charge in [-0.2, -0.15) is 5.10 Å². The van der Waals surface area contributed by atoms with Crippen molar-refractivity contribution in [3.8, 4) is 17.0 Å². The normalized spacial score (nSPS) is 14.7. The Morgan fingerprint density at radius 2 is 1.73 bits per heavy atom. The summed E-state index contributed by atoms with van der Waals surface area (Å²) in [4.78, 5) is 41.3. The summed E-state index contributed by atoms with van der Waals surface area (Å²) < 4.78 is 11.9. The highest BCUT2D eigenvalue weighted by molar-refractivity contribution is 5.91. The van der Waals surface area contributed by atoms with Crippen LogP contribution in [0, 0.1) is 0 Å². The van der Waals surface area contributed by atoms with Crippen LogP contribution >= 0.6 is 0 Å². The maximum absolute atomic E-state index is 13.1. The molecular weight excluding hydrogens is 424 g/mol. The first-order valence-corrected chi connectivity index (χ1v) is 10.9. The molecule has 0 saturated carbocycles. The van der Waals surface area contributed by atoms with Gasteiger partial charge in [0.15, 0.2) is 5.76 Å². The molecule has 3 heterocycles. The van der Waals surface area contributed by atoms with Crippen LogP contribution in [0.4, 0.5) is 0 Å². The number of hydrogen-bond acceptors (Lipinski definition) is 6. The van der Waals surface area contributed by atoms with Crippen molar-refractivity contribution < 1.29 is 18.7 Å². The van der Waals surface area contributed by atoms with Gasteiger partial charge >= 0.3 is 0 Å². The molecule has 0 aliphatic carbocycles. The molecule has 1 fully saturated rings. The summed E-state index contributed by atoms with van der Waals surface area (Å²) in [5.74, 6) is 0.632. The summed E-state index contributed by atoms with van der Waals surface area (Å²) in [6, 6.07) is 13.0. The Morgan fingerprint density at radius 3 is 2.36 bits per heavy atom. The summed E-state index contributed by atoms with van der Waals surface area (Å²) in [6.45, 7) is 5.71. The minimum atomic E-state index is -0.771. The zero-order valence-electron chi connectivity index (χ0n) is 18.6. The molecule has 9 nitrogen and oxygen atoms in total. The van der Waals surface area contributed by atoms with Crippen LogP contribution in [-0.4, -0.2) is 64.2 Å². The Kier molecular flexibility index (Phi) is 6.58. The number of furan rings is 1. The van der Waals surface area contributed by atoms with E-state index in [9.17, 15) is 14.4 Å². The lowest BCUT2D eigenvalue weighted by Gasteiger charge is -2.35. The van der Waals surface area contributed by atoms with E-state index in [0.29, 0.717) is 38.5 Å². The van der Waals surface area contributed by atoms with Gasteiger partial charge in [0.2, 0.25) is 5.91 Å². The molecule has 9 heteroatoms. The van der Waals surface area contributed by atoms with Crippen molar-refractivity contribution in [3.05, 3.63) is 70.9 Å². The molecule has 0 radical (unpaired) electrons. The summed E-state index contributed by atoms with van der Waals surface area (Å²) in [5, 5.41) is 4.45. The van der Waals surface area contributed by atoms with E-state index in [4.69, 9.17) is 9.15 Å². The number of hydrogen-bond donors (Lipinski definition) is 0. The fourth-order valence-electron chi connectivity index (χ4n) is 3.80. The lowest BCUT2D eigenvalue weighted by Crippen LogP contribution is -2.52. The fourth-order valence-corrected chi connectivity index (χ4v) is 3.80. The average Bonchev–Trinajstić information content (AvgIpc) is 3.39. The summed E-state index contributed by atoms with van der Waals surface area (Å²) in [5.41, 5.74) is 1.06. The van der Waals surface area contributed by atoms with Gasteiger partial charge < -0.3 is 19.0 Å². The molecule has 172 valence electrons. The van der Waals surface area contributed by atoms with E-state index in [0.717, 1.165) is 11.3 Å². The number of rotatable bonds is 6. The number of benzene rings is 1. The minimum absolute atomic E-state index is 0.193. The van der Waals surface area contributed by atoms with Crippen molar-refractivity contribution in [1.82, 2.24) is 19.6 Å². The lowest BCUT2D eigenvalue weighted by molar-refractivity contribution is -0.136. The largest absolute Gasteiger partial charge is 0.494 e. The van der Waals surface area contributed by atoms with Gasteiger partial charge in [-0.15, -0.1) is 0 Å². The topological polar surface area (TPSA) is 97.9 Å². The van der Waals surface area contributed by atoms with Gasteiger partial charge in [0.1, 0.15) is 11.8 Å². The number of nitrogens with zero attached hydrogens (tertiary/aromatic N) is 4. The van der Waals surface area contributed by atoms with Crippen molar-refractivity contribution in [2.24, 2.45) is 0 Å². The van der Waals surface area contributed by atoms with Gasteiger partial charge in [0.25, 0.3) is 11.5 Å². The second-order valence-electron chi connectivity index (χ2n) is 7.73. The van der Waals surface area contributed by atoms with Crippen LogP contribution in [0.3, 0.4) is 0 Å². The maximum atomic E-state index is 13.1. The molecule has 3 aromatic rings. The van der Waals surface area contributed by atoms with Crippen LogP contribution in [0.1, 0.15) is 30.4 Å². The van der Waals surface area contributed by atoms with Gasteiger partial charge in [-0.25, -0.2) is 4.68 Å². The van der Waals surface area contributed by atoms with Crippen molar-refractivity contribution in [2.75, 3.05) is 32.8 Å². The van der Waals surface area contributed by atoms with Gasteiger partial charge in [0, 0.05) is 37.8 Å². The number of piperazine rings is 1. The standard InChI is InChI=1S/C24H26N4O5/c1-3-32-19-8-6-18(7-9-19)20-10-11-22(29)28(25-20)17(2)23(30)26-12-14-27(15-13-26)24(31)21-5-4-16-33-21/h4-11,16-17H,3,12-15H2,1-2H3. The predicted molar refractivity (Wildman–Crippen MR) is 121 cm³/mol. The first kappa shape index (κ1) is 22.3. The Morgan fingerprint density at radius 1 is 1.03 bits per heavy atom. The molecular formula is C24H26N4O5. The monoisotopic (exact) mass is 450 g/mol. The van der Waals surface area contributed by atoms with E-state index in [-0.39, 0.29) is 23.1 Å². The highest BCUT2D eigenvalue weighted by Crippen LogP contribution is 2.21. The van der Waals surface area contributed by atoms with Crippen LogP contribution < -0.4 is 10.3 Å². The molecule has 1 atom stereocenters. The smallest absolute Gasteiger partial charge is 0.289 e. The van der Waals surface area contributed by atoms with Crippen LogP contribution in [-0.2, 0) is 4.79 Å². The second kappa shape index (κ2) is 9.72. The number of amides is 2. The van der Waals surface area contributed by atoms with E-state index < -0.39 is 6.04 Å². The Labute approximate surface area is 191 Å². The predicted octanol–water partition coefficient (Wildman–Crippen LogP) is 2.45. The molecule has 2 aromatic heterocycles. The minimum Gasteiger partial charge on any atom is -0.494 e. The molecule has 0 bridgehead atoms. The number of carbonyl (C=O) groups is 2. The van der Waals surface area contributed by atoms with E-state index in [2.05, 4.69) is 5.10 Å². The number of aromatic nitrogens is 2. The van der Waals surface area contributed by atoms with Crippen LogP contribution in [0.5, 0.6) is 5.75 Å². The quantitative estimate of drug-likeness (QED) is 0.572. The SMILES string of the molecule is CCOc1ccc(-c2ccc(=O)n(C(C)C(=O)N3CCN(C(=O)c4ccco4)CC3)n2)cc1. The summed E-state index contributed by atoms with van der Waals surface area (Å²) in [6.07, 6.45) is 1.46. The fraction of sp³-hybridized carbons (Fsp3) is 0.333. The molecule has 1 aliphatic heterocycles. The molecule has 4 rings (SSSR count). The first-order valence-electron chi connectivity index (χ1n) is 10.9. The Bertz CT molecular complexity index is 1160. The van der Waals surface area contributed by atoms with Gasteiger partial charge in [-0.3, -0.25) is 14.4 Å². The van der Waals surface area contributed by atoms with E-state index in [1.54, 1.807) is 34.9 Å². The van der Waals surface area contributed by atoms with Crippen LogP contribution in [0.15, 0.2) is 64.0 Å². The van der Waals surface area contributed by atoms with Crippen molar-refractivity contribution in [2.45, 2.75) is 19.9 Å². The highest BCUT2D eigenvalue weighted by Gasteiger charge is 2.29. The van der Waals surface area contributed by atoms with Crippen molar-refractivity contribution in [1.29, 1.82) is 0 Å². The molecule has 1 aromatic carbocycles.